The van der Waals surface area contributed by atoms with Gasteiger partial charge >= 0.3 is 0 Å². The van der Waals surface area contributed by atoms with Crippen LogP contribution in [0.5, 0.6) is 5.75 Å². The van der Waals surface area contributed by atoms with Crippen LogP contribution in [0.4, 0.5) is 0 Å². The van der Waals surface area contributed by atoms with Gasteiger partial charge in [0, 0.05) is 6.42 Å². The van der Waals surface area contributed by atoms with Crippen LogP contribution in [0.2, 0.25) is 0 Å². The zero-order valence-corrected chi connectivity index (χ0v) is 14.1. The zero-order valence-electron chi connectivity index (χ0n) is 14.1. The molecule has 0 heterocycles. The number of fused-ring (bicyclic) bond motifs is 1. The number of methoxy groups -OCH3 is 1. The monoisotopic (exact) mass is 323 g/mol. The first kappa shape index (κ1) is 15.5. The molecular formula is C24H19O. The lowest BCUT2D eigenvalue weighted by atomic mass is 9.92. The summed E-state index contributed by atoms with van der Waals surface area (Å²) in [6.45, 7) is 0. The summed E-state index contributed by atoms with van der Waals surface area (Å²) in [6, 6.07) is 31.7. The molecule has 4 aromatic rings. The molecule has 0 aliphatic heterocycles. The molecule has 0 saturated carbocycles. The Morgan fingerprint density at radius 2 is 1.32 bits per heavy atom. The number of rotatable bonds is 4. The molecule has 0 saturated heterocycles. The van der Waals surface area contributed by atoms with Crippen LogP contribution in [0.25, 0.3) is 21.9 Å². The number of hydrogen-bond donors (Lipinski definition) is 0. The summed E-state index contributed by atoms with van der Waals surface area (Å²) in [5.41, 5.74) is 4.88. The van der Waals surface area contributed by atoms with Crippen molar-refractivity contribution in [1.29, 1.82) is 0 Å². The first-order chi connectivity index (χ1) is 12.3. The molecule has 0 aromatic heterocycles. The van der Waals surface area contributed by atoms with Crippen molar-refractivity contribution in [3.05, 3.63) is 109 Å². The number of benzene rings is 4. The van der Waals surface area contributed by atoms with E-state index in [9.17, 15) is 0 Å². The lowest BCUT2D eigenvalue weighted by molar-refractivity contribution is 0.414. The smallest absolute Gasteiger partial charge is 0.118 e. The minimum Gasteiger partial charge on any atom is -0.497 e. The van der Waals surface area contributed by atoms with E-state index in [1.807, 2.05) is 12.1 Å². The highest BCUT2D eigenvalue weighted by Crippen LogP contribution is 2.32. The topological polar surface area (TPSA) is 9.23 Å². The van der Waals surface area contributed by atoms with Gasteiger partial charge in [-0.3, -0.25) is 0 Å². The van der Waals surface area contributed by atoms with Crippen molar-refractivity contribution >= 4 is 10.8 Å². The summed E-state index contributed by atoms with van der Waals surface area (Å²) in [4.78, 5) is 0. The summed E-state index contributed by atoms with van der Waals surface area (Å²) < 4.78 is 5.25. The van der Waals surface area contributed by atoms with Gasteiger partial charge in [-0.25, -0.2) is 0 Å². The molecule has 4 aromatic carbocycles. The van der Waals surface area contributed by atoms with Crippen LogP contribution >= 0.6 is 0 Å². The Hall–Kier alpha value is -3.06. The van der Waals surface area contributed by atoms with Crippen molar-refractivity contribution in [3.63, 3.8) is 0 Å². The third kappa shape index (κ3) is 3.14. The van der Waals surface area contributed by atoms with E-state index in [-0.39, 0.29) is 0 Å². The van der Waals surface area contributed by atoms with E-state index in [0.29, 0.717) is 0 Å². The Bertz CT molecular complexity index is 994. The van der Waals surface area contributed by atoms with E-state index < -0.39 is 0 Å². The second kappa shape index (κ2) is 6.82. The molecule has 0 N–H and O–H groups in total. The minimum atomic E-state index is 0.875. The lowest BCUT2D eigenvalue weighted by Gasteiger charge is -2.12. The van der Waals surface area contributed by atoms with Crippen LogP contribution in [0.1, 0.15) is 11.1 Å². The summed E-state index contributed by atoms with van der Waals surface area (Å²) >= 11 is 0. The maximum Gasteiger partial charge on any atom is 0.118 e. The highest BCUT2D eigenvalue weighted by Gasteiger charge is 2.09. The van der Waals surface area contributed by atoms with Crippen molar-refractivity contribution in [1.82, 2.24) is 0 Å². The van der Waals surface area contributed by atoms with Gasteiger partial charge in [-0.1, -0.05) is 78.9 Å². The number of ether oxygens (including phenoxy) is 1. The fraction of sp³-hybridized carbons (Fsp3) is 0.0417. The van der Waals surface area contributed by atoms with Gasteiger partial charge < -0.3 is 4.74 Å². The molecule has 0 bridgehead atoms. The molecule has 0 fully saturated rings. The summed E-state index contributed by atoms with van der Waals surface area (Å²) in [7, 11) is 1.69. The standard InChI is InChI=1S/C24H19O/c1-25-21-15-13-18(14-16-21)17-20-8-3-5-11-23(20)24-12-6-9-19-7-2-4-10-22(19)24/h2-17H,1H3. The Morgan fingerprint density at radius 3 is 2.16 bits per heavy atom. The SMILES string of the molecule is COc1ccc([CH]c2ccccc2-c2cccc3ccccc23)cc1. The van der Waals surface area contributed by atoms with Gasteiger partial charge in [0.25, 0.3) is 0 Å². The third-order valence-corrected chi connectivity index (χ3v) is 4.48. The van der Waals surface area contributed by atoms with E-state index in [0.717, 1.165) is 11.3 Å². The van der Waals surface area contributed by atoms with E-state index in [1.165, 1.54) is 27.5 Å². The summed E-state index contributed by atoms with van der Waals surface area (Å²) in [5.74, 6) is 0.875. The van der Waals surface area contributed by atoms with Gasteiger partial charge in [0.05, 0.1) is 7.11 Å². The highest BCUT2D eigenvalue weighted by atomic mass is 16.5. The molecule has 0 spiro atoms. The van der Waals surface area contributed by atoms with Gasteiger partial charge in [0.1, 0.15) is 5.75 Å². The first-order valence-corrected chi connectivity index (χ1v) is 8.41. The molecule has 0 amide bonds. The fourth-order valence-corrected chi connectivity index (χ4v) is 3.21. The van der Waals surface area contributed by atoms with Crippen molar-refractivity contribution in [2.45, 2.75) is 0 Å². The maximum absolute atomic E-state index is 5.25. The largest absolute Gasteiger partial charge is 0.497 e. The maximum atomic E-state index is 5.25. The van der Waals surface area contributed by atoms with Gasteiger partial charge in [-0.2, -0.15) is 0 Å². The first-order valence-electron chi connectivity index (χ1n) is 8.41. The fourth-order valence-electron chi connectivity index (χ4n) is 3.21. The molecule has 1 radical (unpaired) electrons. The predicted octanol–water partition coefficient (Wildman–Crippen LogP) is 6.12. The quantitative estimate of drug-likeness (QED) is 0.440. The zero-order chi connectivity index (χ0) is 17.1. The minimum absolute atomic E-state index is 0.875. The Labute approximate surface area is 148 Å². The van der Waals surface area contributed by atoms with Crippen LogP contribution in [-0.2, 0) is 0 Å². The van der Waals surface area contributed by atoms with Crippen molar-refractivity contribution < 1.29 is 4.74 Å². The van der Waals surface area contributed by atoms with E-state index in [1.54, 1.807) is 7.11 Å². The molecule has 0 aliphatic carbocycles. The molecule has 4 rings (SSSR count). The molecule has 25 heavy (non-hydrogen) atoms. The van der Waals surface area contributed by atoms with Gasteiger partial charge in [-0.05, 0) is 45.2 Å². The summed E-state index contributed by atoms with van der Waals surface area (Å²) in [6.07, 6.45) is 2.22. The normalized spacial score (nSPS) is 10.8. The summed E-state index contributed by atoms with van der Waals surface area (Å²) in [5, 5.41) is 2.54. The predicted molar refractivity (Wildman–Crippen MR) is 105 cm³/mol. The molecule has 121 valence electrons. The molecule has 0 aliphatic rings. The second-order valence-corrected chi connectivity index (χ2v) is 6.03. The van der Waals surface area contributed by atoms with Gasteiger partial charge in [-0.15, -0.1) is 0 Å². The van der Waals surface area contributed by atoms with Crippen molar-refractivity contribution in [2.24, 2.45) is 0 Å². The van der Waals surface area contributed by atoms with Crippen molar-refractivity contribution in [2.75, 3.05) is 7.11 Å². The Balaban J connectivity index is 1.78. The lowest BCUT2D eigenvalue weighted by Crippen LogP contribution is -1.91. The Morgan fingerprint density at radius 1 is 0.640 bits per heavy atom. The van der Waals surface area contributed by atoms with Crippen molar-refractivity contribution in [3.8, 4) is 16.9 Å². The molecule has 0 atom stereocenters. The molecule has 0 unspecified atom stereocenters. The Kier molecular flexibility index (Phi) is 4.22. The van der Waals surface area contributed by atoms with E-state index in [2.05, 4.69) is 85.3 Å². The van der Waals surface area contributed by atoms with Crippen LogP contribution in [0.3, 0.4) is 0 Å². The average molecular weight is 323 g/mol. The van der Waals surface area contributed by atoms with Crippen LogP contribution in [0, 0.1) is 6.42 Å². The van der Waals surface area contributed by atoms with Crippen LogP contribution in [0.15, 0.2) is 91.0 Å². The van der Waals surface area contributed by atoms with E-state index >= 15 is 0 Å². The van der Waals surface area contributed by atoms with Gasteiger partial charge in [0.2, 0.25) is 0 Å². The van der Waals surface area contributed by atoms with Crippen LogP contribution in [-0.4, -0.2) is 7.11 Å². The molecular weight excluding hydrogens is 304 g/mol. The highest BCUT2D eigenvalue weighted by molar-refractivity contribution is 5.97. The van der Waals surface area contributed by atoms with Gasteiger partial charge in [0.15, 0.2) is 0 Å². The average Bonchev–Trinajstić information content (AvgIpc) is 2.69. The third-order valence-electron chi connectivity index (χ3n) is 4.48. The van der Waals surface area contributed by atoms with Crippen LogP contribution < -0.4 is 4.74 Å². The molecule has 1 heteroatoms. The molecule has 1 nitrogen and oxygen atoms in total. The second-order valence-electron chi connectivity index (χ2n) is 6.03. The number of hydrogen-bond acceptors (Lipinski definition) is 1. The van der Waals surface area contributed by atoms with E-state index in [4.69, 9.17) is 4.74 Å².